The topological polar surface area (TPSA) is 117 Å². The zero-order valence-electron chi connectivity index (χ0n) is 21.2. The second-order valence-corrected chi connectivity index (χ2v) is 9.15. The van der Waals surface area contributed by atoms with Gasteiger partial charge in [0.15, 0.2) is 0 Å². The van der Waals surface area contributed by atoms with Crippen LogP contribution in [0.5, 0.6) is 5.75 Å². The van der Waals surface area contributed by atoms with Crippen LogP contribution in [0.3, 0.4) is 0 Å². The average molecular weight is 486 g/mol. The van der Waals surface area contributed by atoms with Crippen molar-refractivity contribution in [1.82, 2.24) is 10.2 Å². The van der Waals surface area contributed by atoms with Gasteiger partial charge in [0.1, 0.15) is 23.9 Å². The Kier molecular flexibility index (Phi) is 9.65. The van der Waals surface area contributed by atoms with Gasteiger partial charge in [0.05, 0.1) is 13.7 Å². The van der Waals surface area contributed by atoms with Gasteiger partial charge >= 0.3 is 6.09 Å². The molecule has 2 rings (SSSR count). The molecule has 0 aromatic heterocycles. The minimum Gasteiger partial charge on any atom is -0.497 e. The van der Waals surface area contributed by atoms with E-state index in [1.807, 2.05) is 26.0 Å². The quantitative estimate of drug-likeness (QED) is 0.502. The smallest absolute Gasteiger partial charge is 0.408 e. The number of aryl methyl sites for hydroxylation is 2. The van der Waals surface area contributed by atoms with Gasteiger partial charge in [0.25, 0.3) is 5.91 Å². The van der Waals surface area contributed by atoms with E-state index >= 15 is 0 Å². The Bertz CT molecular complexity index is 1030. The first-order valence-corrected chi connectivity index (χ1v) is 11.3. The van der Waals surface area contributed by atoms with Gasteiger partial charge in [0.2, 0.25) is 5.91 Å². The molecule has 3 amide bonds. The van der Waals surface area contributed by atoms with Gasteiger partial charge in [-0.25, -0.2) is 4.79 Å². The standard InChI is InChI=1S/C26H35N3O6/c1-17-7-12-21(18(2)15-17)23(24(32)28-19-8-10-20(34-6)11-9-19)29(13-14-30)22(31)16-27-25(33)35-26(3,4)5/h7-12,15,23,30H,13-14,16H2,1-6H3,(H,27,33)(H,28,32). The van der Waals surface area contributed by atoms with Crippen LogP contribution in [-0.2, 0) is 14.3 Å². The number of nitrogens with zero attached hydrogens (tertiary/aromatic N) is 1. The van der Waals surface area contributed by atoms with Crippen molar-refractivity contribution >= 4 is 23.6 Å². The number of benzene rings is 2. The highest BCUT2D eigenvalue weighted by molar-refractivity contribution is 5.98. The van der Waals surface area contributed by atoms with Crippen molar-refractivity contribution in [3.63, 3.8) is 0 Å². The third kappa shape index (κ3) is 8.29. The third-order valence-corrected chi connectivity index (χ3v) is 5.08. The summed E-state index contributed by atoms with van der Waals surface area (Å²) in [6.45, 7) is 8.07. The number of methoxy groups -OCH3 is 1. The van der Waals surface area contributed by atoms with Crippen LogP contribution in [-0.4, -0.2) is 60.3 Å². The Hall–Kier alpha value is -3.59. The maximum absolute atomic E-state index is 13.5. The summed E-state index contributed by atoms with van der Waals surface area (Å²) in [7, 11) is 1.55. The van der Waals surface area contributed by atoms with Gasteiger partial charge in [-0.3, -0.25) is 9.59 Å². The number of aliphatic hydroxyl groups is 1. The molecule has 9 nitrogen and oxygen atoms in total. The number of anilines is 1. The van der Waals surface area contributed by atoms with Crippen LogP contribution in [0.1, 0.15) is 43.5 Å². The van der Waals surface area contributed by atoms with Crippen molar-refractivity contribution in [2.24, 2.45) is 0 Å². The Balaban J connectivity index is 2.36. The molecule has 0 bridgehead atoms. The van der Waals surface area contributed by atoms with Gasteiger partial charge in [0, 0.05) is 12.2 Å². The summed E-state index contributed by atoms with van der Waals surface area (Å²) in [5, 5.41) is 15.0. The van der Waals surface area contributed by atoms with Crippen molar-refractivity contribution in [3.05, 3.63) is 59.2 Å². The molecule has 9 heteroatoms. The molecule has 0 heterocycles. The van der Waals surface area contributed by atoms with Crippen molar-refractivity contribution in [3.8, 4) is 5.75 Å². The lowest BCUT2D eigenvalue weighted by atomic mass is 9.97. The van der Waals surface area contributed by atoms with Crippen molar-refractivity contribution in [2.45, 2.75) is 46.3 Å². The summed E-state index contributed by atoms with van der Waals surface area (Å²) in [6.07, 6.45) is -0.749. The normalized spacial score (nSPS) is 11.9. The Labute approximate surface area is 206 Å². The third-order valence-electron chi connectivity index (χ3n) is 5.08. The molecule has 0 spiro atoms. The molecule has 1 atom stereocenters. The number of alkyl carbamates (subject to hydrolysis) is 1. The summed E-state index contributed by atoms with van der Waals surface area (Å²) >= 11 is 0. The molecule has 0 aliphatic carbocycles. The number of ether oxygens (including phenoxy) is 2. The van der Waals surface area contributed by atoms with Crippen LogP contribution in [0.2, 0.25) is 0 Å². The molecule has 190 valence electrons. The fourth-order valence-electron chi connectivity index (χ4n) is 3.54. The minimum absolute atomic E-state index is 0.108. The molecule has 0 radical (unpaired) electrons. The molecule has 2 aromatic carbocycles. The van der Waals surface area contributed by atoms with E-state index in [0.717, 1.165) is 11.1 Å². The zero-order valence-corrected chi connectivity index (χ0v) is 21.2. The van der Waals surface area contributed by atoms with E-state index in [4.69, 9.17) is 9.47 Å². The lowest BCUT2D eigenvalue weighted by Crippen LogP contribution is -2.47. The number of amides is 3. The molecule has 0 aliphatic heterocycles. The summed E-state index contributed by atoms with van der Waals surface area (Å²) in [5.74, 6) is -0.361. The van der Waals surface area contributed by atoms with E-state index in [0.29, 0.717) is 17.0 Å². The molecule has 1 unspecified atom stereocenters. The molecule has 2 aromatic rings. The van der Waals surface area contributed by atoms with E-state index in [1.54, 1.807) is 58.2 Å². The number of aliphatic hydroxyl groups excluding tert-OH is 1. The Morgan fingerprint density at radius 1 is 1.06 bits per heavy atom. The molecule has 3 N–H and O–H groups in total. The summed E-state index contributed by atoms with van der Waals surface area (Å²) in [5.41, 5.74) is 2.23. The lowest BCUT2D eigenvalue weighted by Gasteiger charge is -2.32. The minimum atomic E-state index is -1.04. The molecule has 0 saturated carbocycles. The monoisotopic (exact) mass is 485 g/mol. The first-order valence-electron chi connectivity index (χ1n) is 11.3. The van der Waals surface area contributed by atoms with Crippen LogP contribution in [0.25, 0.3) is 0 Å². The van der Waals surface area contributed by atoms with Crippen LogP contribution in [0.4, 0.5) is 10.5 Å². The summed E-state index contributed by atoms with van der Waals surface area (Å²) < 4.78 is 10.3. The fourth-order valence-corrected chi connectivity index (χ4v) is 3.54. The van der Waals surface area contributed by atoms with Crippen LogP contribution in [0.15, 0.2) is 42.5 Å². The number of hydrogen-bond donors (Lipinski definition) is 3. The molecule has 35 heavy (non-hydrogen) atoms. The van der Waals surface area contributed by atoms with Gasteiger partial charge in [-0.2, -0.15) is 0 Å². The maximum atomic E-state index is 13.5. The van der Waals surface area contributed by atoms with Gasteiger partial charge in [-0.1, -0.05) is 23.8 Å². The number of carbonyl (C=O) groups is 3. The zero-order chi connectivity index (χ0) is 26.2. The molecule has 0 fully saturated rings. The highest BCUT2D eigenvalue weighted by Crippen LogP contribution is 2.27. The first kappa shape index (κ1) is 27.7. The highest BCUT2D eigenvalue weighted by atomic mass is 16.6. The van der Waals surface area contributed by atoms with Crippen LogP contribution < -0.4 is 15.4 Å². The predicted octanol–water partition coefficient (Wildman–Crippen LogP) is 3.34. The van der Waals surface area contributed by atoms with E-state index in [9.17, 15) is 19.5 Å². The predicted molar refractivity (Wildman–Crippen MR) is 133 cm³/mol. The van der Waals surface area contributed by atoms with Gasteiger partial charge in [-0.15, -0.1) is 0 Å². The lowest BCUT2D eigenvalue weighted by molar-refractivity contribution is -0.138. The molecule has 0 saturated heterocycles. The number of rotatable bonds is 9. The van der Waals surface area contributed by atoms with E-state index < -0.39 is 36.1 Å². The average Bonchev–Trinajstić information content (AvgIpc) is 2.77. The number of carbonyl (C=O) groups excluding carboxylic acids is 3. The maximum Gasteiger partial charge on any atom is 0.408 e. The molecule has 0 aliphatic rings. The first-order chi connectivity index (χ1) is 16.4. The molecular weight excluding hydrogens is 450 g/mol. The number of nitrogens with one attached hydrogen (secondary N) is 2. The largest absolute Gasteiger partial charge is 0.497 e. The van der Waals surface area contributed by atoms with Gasteiger partial charge in [-0.05, 0) is 70.0 Å². The fraction of sp³-hybridized carbons (Fsp3) is 0.423. The second-order valence-electron chi connectivity index (χ2n) is 9.15. The number of hydrogen-bond acceptors (Lipinski definition) is 6. The van der Waals surface area contributed by atoms with E-state index in [-0.39, 0.29) is 13.2 Å². The molecular formula is C26H35N3O6. The van der Waals surface area contributed by atoms with Crippen LogP contribution in [0, 0.1) is 13.8 Å². The van der Waals surface area contributed by atoms with Crippen molar-refractivity contribution in [2.75, 3.05) is 32.1 Å². The summed E-state index contributed by atoms with van der Waals surface area (Å²) in [6, 6.07) is 11.3. The summed E-state index contributed by atoms with van der Waals surface area (Å²) in [4.78, 5) is 40.0. The highest BCUT2D eigenvalue weighted by Gasteiger charge is 2.32. The Morgan fingerprint density at radius 3 is 2.26 bits per heavy atom. The SMILES string of the molecule is COc1ccc(NC(=O)C(c2ccc(C)cc2C)N(CCO)C(=O)CNC(=O)OC(C)(C)C)cc1. The van der Waals surface area contributed by atoms with Gasteiger partial charge < -0.3 is 30.1 Å². The Morgan fingerprint density at radius 2 is 1.71 bits per heavy atom. The second kappa shape index (κ2) is 12.2. The van der Waals surface area contributed by atoms with E-state index in [2.05, 4.69) is 10.6 Å². The van der Waals surface area contributed by atoms with Crippen molar-refractivity contribution in [1.29, 1.82) is 0 Å². The van der Waals surface area contributed by atoms with Crippen LogP contribution >= 0.6 is 0 Å². The van der Waals surface area contributed by atoms with E-state index in [1.165, 1.54) is 4.90 Å². The van der Waals surface area contributed by atoms with Crippen molar-refractivity contribution < 1.29 is 29.0 Å².